The number of nitrogens with one attached hydrogen (secondary N) is 1. The van der Waals surface area contributed by atoms with Crippen molar-refractivity contribution in [3.8, 4) is 5.75 Å². The fourth-order valence-electron chi connectivity index (χ4n) is 1.54. The minimum Gasteiger partial charge on any atom is -0.489 e. The van der Waals surface area contributed by atoms with Gasteiger partial charge in [0.05, 0.1) is 45.3 Å². The van der Waals surface area contributed by atoms with E-state index in [1.807, 2.05) is 24.3 Å². The molecule has 0 unspecified atom stereocenters. The lowest BCUT2D eigenvalue weighted by molar-refractivity contribution is 0.0361. The van der Waals surface area contributed by atoms with Crippen LogP contribution >= 0.6 is 0 Å². The summed E-state index contributed by atoms with van der Waals surface area (Å²) in [7, 11) is 0. The molecule has 0 saturated carbocycles. The van der Waals surface area contributed by atoms with Crippen molar-refractivity contribution in [1.29, 1.82) is 0 Å². The number of para-hydroxylation sites is 2. The molecule has 3 N–H and O–H groups in total. The Bertz CT molecular complexity index is 348. The van der Waals surface area contributed by atoms with Gasteiger partial charge < -0.3 is 29.7 Å². The van der Waals surface area contributed by atoms with Gasteiger partial charge >= 0.3 is 0 Å². The molecule has 1 aromatic carbocycles. The zero-order valence-corrected chi connectivity index (χ0v) is 11.6. The summed E-state index contributed by atoms with van der Waals surface area (Å²) in [5.41, 5.74) is 0.876. The minimum absolute atomic E-state index is 0.00865. The Morgan fingerprint density at radius 3 is 2.30 bits per heavy atom. The molecule has 0 aliphatic carbocycles. The summed E-state index contributed by atoms with van der Waals surface area (Å²) in [5, 5.41) is 20.5. The van der Waals surface area contributed by atoms with Crippen LogP contribution in [0.15, 0.2) is 24.3 Å². The van der Waals surface area contributed by atoms with Crippen molar-refractivity contribution in [3.05, 3.63) is 24.3 Å². The van der Waals surface area contributed by atoms with E-state index in [-0.39, 0.29) is 19.8 Å². The first-order valence-electron chi connectivity index (χ1n) is 6.71. The number of aliphatic hydroxyl groups excluding tert-OH is 2. The first kappa shape index (κ1) is 16.7. The van der Waals surface area contributed by atoms with Gasteiger partial charge in [-0.1, -0.05) is 12.1 Å². The molecule has 6 nitrogen and oxygen atoms in total. The summed E-state index contributed by atoms with van der Waals surface area (Å²) in [6.45, 7) is 2.84. The van der Waals surface area contributed by atoms with Crippen molar-refractivity contribution in [2.45, 2.75) is 0 Å². The number of aliphatic hydroxyl groups is 2. The fourth-order valence-corrected chi connectivity index (χ4v) is 1.54. The van der Waals surface area contributed by atoms with Gasteiger partial charge in [-0.05, 0) is 12.1 Å². The second kappa shape index (κ2) is 11.5. The molecule has 0 bridgehead atoms. The van der Waals surface area contributed by atoms with Gasteiger partial charge in [-0.3, -0.25) is 0 Å². The molecule has 0 saturated heterocycles. The van der Waals surface area contributed by atoms with Crippen molar-refractivity contribution in [3.63, 3.8) is 0 Å². The lowest BCUT2D eigenvalue weighted by atomic mass is 10.3. The van der Waals surface area contributed by atoms with Gasteiger partial charge in [-0.25, -0.2) is 0 Å². The van der Waals surface area contributed by atoms with E-state index in [4.69, 9.17) is 24.4 Å². The molecule has 0 heterocycles. The molecule has 114 valence electrons. The Morgan fingerprint density at radius 1 is 0.850 bits per heavy atom. The van der Waals surface area contributed by atoms with E-state index in [2.05, 4.69) is 5.32 Å². The maximum absolute atomic E-state index is 8.76. The molecule has 0 radical (unpaired) electrons. The van der Waals surface area contributed by atoms with Crippen molar-refractivity contribution in [1.82, 2.24) is 0 Å². The Labute approximate surface area is 119 Å². The topological polar surface area (TPSA) is 80.2 Å². The Morgan fingerprint density at radius 2 is 1.55 bits per heavy atom. The molecule has 0 spiro atoms. The van der Waals surface area contributed by atoms with Gasteiger partial charge in [0.1, 0.15) is 12.4 Å². The number of anilines is 1. The molecule has 0 aliphatic heterocycles. The zero-order valence-electron chi connectivity index (χ0n) is 11.6. The van der Waals surface area contributed by atoms with Crippen LogP contribution in [0.3, 0.4) is 0 Å². The van der Waals surface area contributed by atoms with Crippen molar-refractivity contribution < 1.29 is 24.4 Å². The van der Waals surface area contributed by atoms with Crippen molar-refractivity contribution in [2.75, 3.05) is 58.1 Å². The van der Waals surface area contributed by atoms with Crippen LogP contribution in [-0.4, -0.2) is 63.0 Å². The van der Waals surface area contributed by atoms with Crippen molar-refractivity contribution >= 4 is 5.69 Å². The Balaban J connectivity index is 2.15. The lowest BCUT2D eigenvalue weighted by Crippen LogP contribution is -2.14. The molecule has 0 aromatic heterocycles. The summed E-state index contributed by atoms with van der Waals surface area (Å²) in [6, 6.07) is 7.56. The summed E-state index contributed by atoms with van der Waals surface area (Å²) >= 11 is 0. The van der Waals surface area contributed by atoms with Crippen LogP contribution < -0.4 is 10.1 Å². The predicted octanol–water partition coefficient (Wildman–Crippen LogP) is 0.495. The molecule has 20 heavy (non-hydrogen) atoms. The second-order valence-corrected chi connectivity index (χ2v) is 3.94. The molecular formula is C14H23NO5. The quantitative estimate of drug-likeness (QED) is 0.485. The third-order valence-electron chi connectivity index (χ3n) is 2.41. The molecule has 6 heteroatoms. The van der Waals surface area contributed by atoms with Crippen LogP contribution in [0, 0.1) is 0 Å². The maximum Gasteiger partial charge on any atom is 0.142 e. The molecule has 1 aromatic rings. The number of rotatable bonds is 12. The highest BCUT2D eigenvalue weighted by Crippen LogP contribution is 2.23. The SMILES string of the molecule is OCCOCCOCCNc1ccccc1OCCO. The Hall–Kier alpha value is -1.34. The molecule has 1 rings (SSSR count). The highest BCUT2D eigenvalue weighted by atomic mass is 16.5. The van der Waals surface area contributed by atoms with Gasteiger partial charge in [-0.2, -0.15) is 0 Å². The average Bonchev–Trinajstić information content (AvgIpc) is 2.49. The van der Waals surface area contributed by atoms with Crippen LogP contribution in [-0.2, 0) is 9.47 Å². The number of ether oxygens (including phenoxy) is 3. The third-order valence-corrected chi connectivity index (χ3v) is 2.41. The van der Waals surface area contributed by atoms with E-state index >= 15 is 0 Å². The minimum atomic E-state index is -0.00865. The van der Waals surface area contributed by atoms with E-state index < -0.39 is 0 Å². The Kier molecular flexibility index (Phi) is 9.60. The largest absolute Gasteiger partial charge is 0.489 e. The van der Waals surface area contributed by atoms with Crippen LogP contribution in [0.5, 0.6) is 5.75 Å². The fraction of sp³-hybridized carbons (Fsp3) is 0.571. The molecule has 0 amide bonds. The summed E-state index contributed by atoms with van der Waals surface area (Å²) in [4.78, 5) is 0. The monoisotopic (exact) mass is 285 g/mol. The van der Waals surface area contributed by atoms with E-state index in [0.717, 1.165) is 5.69 Å². The molecule has 0 atom stereocenters. The predicted molar refractivity (Wildman–Crippen MR) is 76.2 cm³/mol. The van der Waals surface area contributed by atoms with E-state index in [1.165, 1.54) is 0 Å². The third kappa shape index (κ3) is 7.30. The van der Waals surface area contributed by atoms with Crippen LogP contribution in [0.25, 0.3) is 0 Å². The van der Waals surface area contributed by atoms with E-state index in [9.17, 15) is 0 Å². The lowest BCUT2D eigenvalue weighted by Gasteiger charge is -2.12. The van der Waals surface area contributed by atoms with E-state index in [0.29, 0.717) is 38.7 Å². The second-order valence-electron chi connectivity index (χ2n) is 3.94. The van der Waals surface area contributed by atoms with E-state index in [1.54, 1.807) is 0 Å². The van der Waals surface area contributed by atoms with Gasteiger partial charge in [0.2, 0.25) is 0 Å². The van der Waals surface area contributed by atoms with Gasteiger partial charge in [0, 0.05) is 6.54 Å². The molecule has 0 fully saturated rings. The van der Waals surface area contributed by atoms with Gasteiger partial charge in [0.15, 0.2) is 0 Å². The van der Waals surface area contributed by atoms with Gasteiger partial charge in [-0.15, -0.1) is 0 Å². The standard InChI is InChI=1S/C14H23NO5/c16-6-9-19-12-11-18-8-5-15-13-3-1-2-4-14(13)20-10-7-17/h1-4,15-17H,5-12H2. The summed E-state index contributed by atoms with van der Waals surface area (Å²) in [5.74, 6) is 0.716. The normalized spacial score (nSPS) is 10.5. The van der Waals surface area contributed by atoms with Crippen LogP contribution in [0.1, 0.15) is 0 Å². The zero-order chi connectivity index (χ0) is 14.5. The molecular weight excluding hydrogens is 262 g/mol. The number of hydrogen-bond donors (Lipinski definition) is 3. The highest BCUT2D eigenvalue weighted by molar-refractivity contribution is 5.56. The van der Waals surface area contributed by atoms with Crippen molar-refractivity contribution in [2.24, 2.45) is 0 Å². The molecule has 0 aliphatic rings. The summed E-state index contributed by atoms with van der Waals surface area (Å²) < 4.78 is 15.9. The first-order valence-corrected chi connectivity index (χ1v) is 6.71. The maximum atomic E-state index is 8.76. The number of benzene rings is 1. The average molecular weight is 285 g/mol. The van der Waals surface area contributed by atoms with Crippen LogP contribution in [0.2, 0.25) is 0 Å². The first-order chi connectivity index (χ1) is 9.88. The van der Waals surface area contributed by atoms with Gasteiger partial charge in [0.25, 0.3) is 0 Å². The highest BCUT2D eigenvalue weighted by Gasteiger charge is 2.01. The number of hydrogen-bond acceptors (Lipinski definition) is 6. The van der Waals surface area contributed by atoms with Crippen LogP contribution in [0.4, 0.5) is 5.69 Å². The summed E-state index contributed by atoms with van der Waals surface area (Å²) in [6.07, 6.45) is 0. The smallest absolute Gasteiger partial charge is 0.142 e.